The lowest BCUT2D eigenvalue weighted by Crippen LogP contribution is -2.44. The van der Waals surface area contributed by atoms with Crippen molar-refractivity contribution in [2.75, 3.05) is 33.4 Å². The minimum absolute atomic E-state index is 0.0549. The number of rotatable bonds is 12. The molecule has 198 valence electrons. The number of nitrogens with one attached hydrogen (secondary N) is 1. The number of nitrogens with zero attached hydrogens (tertiary/aromatic N) is 2. The Morgan fingerprint density at radius 2 is 1.68 bits per heavy atom. The molecule has 38 heavy (non-hydrogen) atoms. The van der Waals surface area contributed by atoms with Crippen LogP contribution in [0.1, 0.15) is 27.9 Å². The Morgan fingerprint density at radius 1 is 0.947 bits per heavy atom. The van der Waals surface area contributed by atoms with Crippen molar-refractivity contribution >= 4 is 34.3 Å². The van der Waals surface area contributed by atoms with Crippen LogP contribution in [0.5, 0.6) is 0 Å². The van der Waals surface area contributed by atoms with Gasteiger partial charge in [0.15, 0.2) is 0 Å². The summed E-state index contributed by atoms with van der Waals surface area (Å²) in [6, 6.07) is 21.2. The minimum atomic E-state index is -0.612. The van der Waals surface area contributed by atoms with Crippen molar-refractivity contribution in [1.29, 1.82) is 0 Å². The zero-order valence-corrected chi connectivity index (χ0v) is 22.1. The lowest BCUT2D eigenvalue weighted by atomic mass is 10.1. The molecule has 0 bridgehead atoms. The highest BCUT2D eigenvalue weighted by atomic mass is 35.5. The maximum atomic E-state index is 14.4. The number of ether oxygens (including phenoxy) is 1. The summed E-state index contributed by atoms with van der Waals surface area (Å²) in [5, 5.41) is 1.73. The first-order chi connectivity index (χ1) is 18.5. The van der Waals surface area contributed by atoms with Crippen LogP contribution in [-0.4, -0.2) is 59.9 Å². The maximum absolute atomic E-state index is 14.4. The summed E-state index contributed by atoms with van der Waals surface area (Å²) in [7, 11) is 1.58. The van der Waals surface area contributed by atoms with E-state index in [2.05, 4.69) is 11.1 Å². The Kier molecular flexibility index (Phi) is 9.51. The third-order valence-electron chi connectivity index (χ3n) is 6.46. The van der Waals surface area contributed by atoms with Crippen LogP contribution in [0.2, 0.25) is 5.02 Å². The lowest BCUT2D eigenvalue weighted by Gasteiger charge is -2.28. The van der Waals surface area contributed by atoms with Gasteiger partial charge in [-0.2, -0.15) is 0 Å². The first-order valence-electron chi connectivity index (χ1n) is 12.6. The fraction of sp³-hybridized carbons (Fsp3) is 0.267. The molecule has 0 saturated carbocycles. The number of halogens is 2. The molecule has 0 unspecified atom stereocenters. The highest BCUT2D eigenvalue weighted by Gasteiger charge is 2.24. The van der Waals surface area contributed by atoms with Crippen LogP contribution < -0.4 is 0 Å². The zero-order chi connectivity index (χ0) is 26.9. The molecule has 0 aliphatic rings. The lowest BCUT2D eigenvalue weighted by molar-refractivity contribution is -0.132. The standard InChI is InChI=1S/C30H31ClFN3O3/c1-38-18-6-16-35(30(37)26-8-2-4-9-27(26)32)21-29(36)34(20-22-11-13-24(31)14-12-22)17-15-23-19-33-28-10-5-3-7-25(23)28/h2-5,7-14,19,33H,6,15-18,20-21H2,1H3. The quantitative estimate of drug-likeness (QED) is 0.236. The summed E-state index contributed by atoms with van der Waals surface area (Å²) in [6.07, 6.45) is 3.12. The van der Waals surface area contributed by atoms with Crippen LogP contribution >= 0.6 is 11.6 Å². The van der Waals surface area contributed by atoms with Gasteiger partial charge in [0.2, 0.25) is 5.91 Å². The second kappa shape index (κ2) is 13.2. The summed E-state index contributed by atoms with van der Waals surface area (Å²) >= 11 is 6.06. The molecule has 4 rings (SSSR count). The summed E-state index contributed by atoms with van der Waals surface area (Å²) in [4.78, 5) is 33.4. The average Bonchev–Trinajstić information content (AvgIpc) is 3.34. The fourth-order valence-corrected chi connectivity index (χ4v) is 4.54. The SMILES string of the molecule is COCCCN(CC(=O)N(CCc1c[nH]c2ccccc12)Cc1ccc(Cl)cc1)C(=O)c1ccccc1F. The van der Waals surface area contributed by atoms with Crippen molar-refractivity contribution in [3.05, 3.63) is 107 Å². The predicted octanol–water partition coefficient (Wildman–Crippen LogP) is 5.71. The van der Waals surface area contributed by atoms with Crippen LogP contribution in [0, 0.1) is 5.82 Å². The first-order valence-corrected chi connectivity index (χ1v) is 12.9. The van der Waals surface area contributed by atoms with Crippen molar-refractivity contribution in [1.82, 2.24) is 14.8 Å². The van der Waals surface area contributed by atoms with Gasteiger partial charge in [-0.1, -0.05) is 54.1 Å². The number of para-hydroxylation sites is 1. The van der Waals surface area contributed by atoms with Crippen LogP contribution in [0.15, 0.2) is 79.0 Å². The van der Waals surface area contributed by atoms with Gasteiger partial charge in [0.1, 0.15) is 12.4 Å². The van der Waals surface area contributed by atoms with Gasteiger partial charge in [0, 0.05) is 55.5 Å². The van der Waals surface area contributed by atoms with Gasteiger partial charge in [-0.05, 0) is 54.3 Å². The Morgan fingerprint density at radius 3 is 2.45 bits per heavy atom. The normalized spacial score (nSPS) is 11.0. The molecule has 0 saturated heterocycles. The second-order valence-electron chi connectivity index (χ2n) is 9.10. The van der Waals surface area contributed by atoms with Crippen molar-refractivity contribution in [2.24, 2.45) is 0 Å². The van der Waals surface area contributed by atoms with E-state index in [9.17, 15) is 14.0 Å². The van der Waals surface area contributed by atoms with Crippen molar-refractivity contribution in [3.63, 3.8) is 0 Å². The molecule has 3 aromatic carbocycles. The molecule has 8 heteroatoms. The molecule has 1 N–H and O–H groups in total. The van der Waals surface area contributed by atoms with E-state index in [4.69, 9.17) is 16.3 Å². The molecule has 0 aliphatic heterocycles. The van der Waals surface area contributed by atoms with E-state index in [-0.39, 0.29) is 24.6 Å². The van der Waals surface area contributed by atoms with Crippen molar-refractivity contribution in [3.8, 4) is 0 Å². The molecule has 0 fully saturated rings. The summed E-state index contributed by atoms with van der Waals surface area (Å²) in [6.45, 7) is 1.33. The Labute approximate surface area is 227 Å². The molecule has 1 heterocycles. The summed E-state index contributed by atoms with van der Waals surface area (Å²) in [5.74, 6) is -1.35. The van der Waals surface area contributed by atoms with E-state index >= 15 is 0 Å². The number of methoxy groups -OCH3 is 1. The molecule has 1 aromatic heterocycles. The predicted molar refractivity (Wildman–Crippen MR) is 148 cm³/mol. The van der Waals surface area contributed by atoms with Crippen LogP contribution in [0.3, 0.4) is 0 Å². The van der Waals surface area contributed by atoms with E-state index in [1.165, 1.54) is 23.1 Å². The molecule has 2 amide bonds. The molecule has 0 aliphatic carbocycles. The molecular formula is C30H31ClFN3O3. The number of aromatic amines is 1. The van der Waals surface area contributed by atoms with E-state index in [0.29, 0.717) is 37.6 Å². The van der Waals surface area contributed by atoms with E-state index in [0.717, 1.165) is 22.0 Å². The van der Waals surface area contributed by atoms with Crippen LogP contribution in [0.25, 0.3) is 10.9 Å². The fourth-order valence-electron chi connectivity index (χ4n) is 4.42. The van der Waals surface area contributed by atoms with Gasteiger partial charge in [-0.15, -0.1) is 0 Å². The van der Waals surface area contributed by atoms with Crippen LogP contribution in [0.4, 0.5) is 4.39 Å². The van der Waals surface area contributed by atoms with E-state index < -0.39 is 11.7 Å². The largest absolute Gasteiger partial charge is 0.385 e. The van der Waals surface area contributed by atoms with Gasteiger partial charge < -0.3 is 19.5 Å². The van der Waals surface area contributed by atoms with Gasteiger partial charge in [0.05, 0.1) is 5.56 Å². The number of H-pyrrole nitrogens is 1. The Balaban J connectivity index is 1.55. The van der Waals surface area contributed by atoms with E-state index in [1.54, 1.807) is 30.2 Å². The molecule has 6 nitrogen and oxygen atoms in total. The number of aromatic nitrogens is 1. The van der Waals surface area contributed by atoms with E-state index in [1.807, 2.05) is 36.5 Å². The highest BCUT2D eigenvalue weighted by Crippen LogP contribution is 2.20. The number of carbonyl (C=O) groups is 2. The van der Waals surface area contributed by atoms with Gasteiger partial charge in [0.25, 0.3) is 5.91 Å². The first kappa shape index (κ1) is 27.4. The number of fused-ring (bicyclic) bond motifs is 1. The number of hydrogen-bond acceptors (Lipinski definition) is 3. The summed E-state index contributed by atoms with van der Waals surface area (Å²) < 4.78 is 19.6. The Hall–Kier alpha value is -3.68. The Bertz CT molecular complexity index is 1370. The monoisotopic (exact) mass is 535 g/mol. The topological polar surface area (TPSA) is 65.6 Å². The highest BCUT2D eigenvalue weighted by molar-refractivity contribution is 6.30. The average molecular weight is 536 g/mol. The van der Waals surface area contributed by atoms with Crippen LogP contribution in [-0.2, 0) is 22.5 Å². The number of amides is 2. The molecule has 0 atom stereocenters. The third kappa shape index (κ3) is 7.00. The maximum Gasteiger partial charge on any atom is 0.257 e. The molecule has 0 radical (unpaired) electrons. The minimum Gasteiger partial charge on any atom is -0.385 e. The third-order valence-corrected chi connectivity index (χ3v) is 6.71. The molecule has 4 aromatic rings. The second-order valence-corrected chi connectivity index (χ2v) is 9.54. The summed E-state index contributed by atoms with van der Waals surface area (Å²) in [5.41, 5.74) is 3.01. The molecular weight excluding hydrogens is 505 g/mol. The molecule has 0 spiro atoms. The van der Waals surface area contributed by atoms with Gasteiger partial charge >= 0.3 is 0 Å². The van der Waals surface area contributed by atoms with Crippen molar-refractivity contribution in [2.45, 2.75) is 19.4 Å². The van der Waals surface area contributed by atoms with Gasteiger partial charge in [-0.25, -0.2) is 4.39 Å². The number of carbonyl (C=O) groups excluding carboxylic acids is 2. The number of benzene rings is 3. The number of hydrogen-bond donors (Lipinski definition) is 1. The van der Waals surface area contributed by atoms with Crippen molar-refractivity contribution < 1.29 is 18.7 Å². The smallest absolute Gasteiger partial charge is 0.257 e. The van der Waals surface area contributed by atoms with Gasteiger partial charge in [-0.3, -0.25) is 9.59 Å². The zero-order valence-electron chi connectivity index (χ0n) is 21.3.